The lowest BCUT2D eigenvalue weighted by Crippen LogP contribution is -2.16. The van der Waals surface area contributed by atoms with E-state index in [1.165, 1.54) is 5.57 Å². The van der Waals surface area contributed by atoms with Gasteiger partial charge >= 0.3 is 17.9 Å². The summed E-state index contributed by atoms with van der Waals surface area (Å²) >= 11 is 0. The first kappa shape index (κ1) is 62.5. The van der Waals surface area contributed by atoms with Crippen molar-refractivity contribution in [2.75, 3.05) is 6.61 Å². The summed E-state index contributed by atoms with van der Waals surface area (Å²) in [5, 5.41) is 18.2. The Morgan fingerprint density at radius 1 is 0.530 bits per heavy atom. The third-order valence-corrected chi connectivity index (χ3v) is 15.5. The van der Waals surface area contributed by atoms with Crippen LogP contribution in [0.1, 0.15) is 206 Å². The van der Waals surface area contributed by atoms with Crippen LogP contribution >= 0.6 is 0 Å². The van der Waals surface area contributed by atoms with Crippen LogP contribution in [0, 0.1) is 37.0 Å². The second-order valence-electron chi connectivity index (χ2n) is 24.7. The molecule has 3 aliphatic carbocycles. The largest absolute Gasteiger partial charge is 0.481 e. The number of carboxylic acid groups (broad SMARTS) is 2. The molecular weight excluding hydrogens is 1050 g/mol. The van der Waals surface area contributed by atoms with Crippen LogP contribution in [0.4, 0.5) is 0 Å². The van der Waals surface area contributed by atoms with E-state index in [1.807, 2.05) is 69.6 Å². The van der Waals surface area contributed by atoms with Crippen molar-refractivity contribution in [1.82, 2.24) is 34.9 Å². The fourth-order valence-corrected chi connectivity index (χ4v) is 10.4. The summed E-state index contributed by atoms with van der Waals surface area (Å²) in [5.74, 6) is -1.82. The number of rotatable bonds is 19. The molecule has 6 heterocycles. The van der Waals surface area contributed by atoms with Crippen molar-refractivity contribution in [2.45, 2.75) is 166 Å². The molecule has 5 N–H and O–H groups in total. The number of carbonyl (C=O) groups excluding carboxylic acids is 4. The summed E-state index contributed by atoms with van der Waals surface area (Å²) in [7, 11) is 0. The quantitative estimate of drug-likeness (QED) is 0.0374. The molecular formula is C67H81N7O9. The van der Waals surface area contributed by atoms with Crippen molar-refractivity contribution in [3.63, 3.8) is 0 Å². The number of aromatic nitrogens is 7. The minimum Gasteiger partial charge on any atom is -0.481 e. The molecule has 0 aromatic carbocycles. The summed E-state index contributed by atoms with van der Waals surface area (Å²) in [6, 6.07) is 14.6. The predicted molar refractivity (Wildman–Crippen MR) is 321 cm³/mol. The van der Waals surface area contributed by atoms with Crippen molar-refractivity contribution in [2.24, 2.45) is 16.2 Å². The Hall–Kier alpha value is -8.14. The van der Waals surface area contributed by atoms with Gasteiger partial charge < -0.3 is 29.9 Å². The van der Waals surface area contributed by atoms with Gasteiger partial charge in [-0.05, 0) is 177 Å². The van der Waals surface area contributed by atoms with Gasteiger partial charge in [0.05, 0.1) is 71.4 Å². The Labute approximate surface area is 487 Å². The number of pyridine rings is 3. The lowest BCUT2D eigenvalue weighted by atomic mass is 9.77. The number of ketones is 3. The summed E-state index contributed by atoms with van der Waals surface area (Å²) in [6.07, 6.45) is 21.2. The van der Waals surface area contributed by atoms with E-state index in [4.69, 9.17) is 19.9 Å². The summed E-state index contributed by atoms with van der Waals surface area (Å²) in [5.41, 5.74) is 14.9. The smallest absolute Gasteiger partial charge is 0.311 e. The number of aryl methyl sites for hydroxylation is 3. The molecule has 9 rings (SSSR count). The van der Waals surface area contributed by atoms with Crippen LogP contribution in [0.5, 0.6) is 0 Å². The molecule has 6 aromatic heterocycles. The van der Waals surface area contributed by atoms with Gasteiger partial charge in [-0.15, -0.1) is 0 Å². The first-order valence-electron chi connectivity index (χ1n) is 28.8. The first-order chi connectivity index (χ1) is 39.2. The van der Waals surface area contributed by atoms with Gasteiger partial charge in [0.1, 0.15) is 0 Å². The molecule has 83 heavy (non-hydrogen) atoms. The fraction of sp³-hybridized carbons (Fsp3) is 0.433. The number of esters is 1. The van der Waals surface area contributed by atoms with Crippen molar-refractivity contribution < 1.29 is 43.7 Å². The minimum absolute atomic E-state index is 0.00822. The number of hydrogen-bond donors (Lipinski definition) is 5. The maximum absolute atomic E-state index is 12.8. The Morgan fingerprint density at radius 3 is 1.20 bits per heavy atom. The van der Waals surface area contributed by atoms with Crippen LogP contribution in [0.15, 0.2) is 85.3 Å². The number of nitrogens with zero attached hydrogens (tertiary/aromatic N) is 4. The highest BCUT2D eigenvalue weighted by Gasteiger charge is 2.28. The van der Waals surface area contributed by atoms with Gasteiger partial charge in [0.15, 0.2) is 17.4 Å². The zero-order valence-corrected chi connectivity index (χ0v) is 49.9. The minimum atomic E-state index is -0.915. The molecule has 438 valence electrons. The number of carboxylic acids is 2. The Balaban J connectivity index is 0.000000179. The molecule has 0 saturated carbocycles. The van der Waals surface area contributed by atoms with Crippen LogP contribution in [-0.4, -0.2) is 87.0 Å². The van der Waals surface area contributed by atoms with Crippen molar-refractivity contribution in [3.8, 4) is 0 Å². The molecule has 6 aromatic rings. The number of hydrogen-bond acceptors (Lipinski definition) is 11. The normalized spacial score (nSPS) is 15.9. The number of ether oxygens (including phenoxy) is 1. The molecule has 0 atom stereocenters. The maximum atomic E-state index is 12.8. The van der Waals surface area contributed by atoms with Crippen molar-refractivity contribution in [1.29, 1.82) is 0 Å². The van der Waals surface area contributed by atoms with E-state index in [2.05, 4.69) is 89.7 Å². The maximum Gasteiger partial charge on any atom is 0.311 e. The Bertz CT molecular complexity index is 3320. The van der Waals surface area contributed by atoms with Crippen LogP contribution in [-0.2, 0) is 57.6 Å². The Morgan fingerprint density at radius 2 is 0.904 bits per heavy atom. The van der Waals surface area contributed by atoms with Gasteiger partial charge in [-0.25, -0.2) is 4.98 Å². The zero-order valence-electron chi connectivity index (χ0n) is 49.9. The summed E-state index contributed by atoms with van der Waals surface area (Å²) in [6.45, 7) is 21.4. The molecule has 0 fully saturated rings. The van der Waals surface area contributed by atoms with Gasteiger partial charge in [0, 0.05) is 43.5 Å². The lowest BCUT2D eigenvalue weighted by Gasteiger charge is -2.29. The standard InChI is InChI=1S/C24H30N2O3.C22H26N2O3.C21H25N3O3/c1-5-29-22(28)14-19-7-6-18(13-21(27)20-12-16(2)15-25-20)23(26-19)17-8-10-24(3,4)11-9-17;1-14-10-18(23-13-14)19(25)11-16-4-5-17(12-20(26)27)24-21(16)15-6-8-22(2,3)9-7-15;1-13-12-22-20(23-13)17(25)10-15-4-5-16(11-18(26)27)24-19(15)14-6-8-21(2,3)9-7-14/h6-8,12,15,25H,5,9-11,13-14H2,1-4H3;4-6,10,13,23H,7-9,11-12H2,1-3H3,(H,26,27);4-6,12H,7-11H2,1-3H3,(H,22,23)(H,26,27). The molecule has 0 spiro atoms. The van der Waals surface area contributed by atoms with Gasteiger partial charge in [-0.1, -0.05) is 78.0 Å². The molecule has 16 heteroatoms. The van der Waals surface area contributed by atoms with E-state index in [0.717, 1.165) is 120 Å². The SMILES string of the molecule is CCOC(=O)Cc1ccc(CC(=O)c2cc(C)c[nH]2)c(C2=CCC(C)(C)CC2)n1.Cc1c[nH]c(C(=O)Cc2ccc(CC(=O)O)nc2C2=CCC(C)(C)CC2)c1.Cc1cnc(C(=O)Cc2ccc(CC(=O)O)nc2C2=CCC(C)(C)CC2)[nH]1. The zero-order chi connectivity index (χ0) is 60.2. The van der Waals surface area contributed by atoms with Crippen molar-refractivity contribution >= 4 is 52.0 Å². The number of imidazole rings is 1. The number of aromatic amines is 3. The number of H-pyrrole nitrogens is 3. The average Bonchev–Trinajstić information content (AvgIpc) is 4.36. The number of nitrogens with one attached hydrogen (secondary N) is 3. The average molecular weight is 1130 g/mol. The highest BCUT2D eigenvalue weighted by atomic mass is 16.5. The lowest BCUT2D eigenvalue weighted by molar-refractivity contribution is -0.142. The highest BCUT2D eigenvalue weighted by molar-refractivity contribution is 5.98. The van der Waals surface area contributed by atoms with Crippen LogP contribution < -0.4 is 0 Å². The van der Waals surface area contributed by atoms with E-state index in [1.54, 1.807) is 25.3 Å². The second-order valence-corrected chi connectivity index (χ2v) is 24.7. The third kappa shape index (κ3) is 18.2. The molecule has 3 aliphatic rings. The topological polar surface area (TPSA) is 251 Å². The van der Waals surface area contributed by atoms with Crippen LogP contribution in [0.25, 0.3) is 16.7 Å². The molecule has 0 amide bonds. The molecule has 0 saturated heterocycles. The van der Waals surface area contributed by atoms with E-state index in [9.17, 15) is 28.8 Å². The number of aliphatic carboxylic acids is 2. The molecule has 16 nitrogen and oxygen atoms in total. The molecule has 0 unspecified atom stereocenters. The molecule has 0 bridgehead atoms. The first-order valence-corrected chi connectivity index (χ1v) is 28.8. The van der Waals surface area contributed by atoms with Gasteiger partial charge in [0.2, 0.25) is 5.78 Å². The van der Waals surface area contributed by atoms with E-state index in [0.29, 0.717) is 40.9 Å². The highest BCUT2D eigenvalue weighted by Crippen LogP contribution is 2.41. The van der Waals surface area contributed by atoms with Crippen molar-refractivity contribution in [3.05, 3.63) is 170 Å². The monoisotopic (exact) mass is 1130 g/mol. The predicted octanol–water partition coefficient (Wildman–Crippen LogP) is 13.0. The van der Waals surface area contributed by atoms with Crippen LogP contribution in [0.2, 0.25) is 0 Å². The Kier molecular flexibility index (Phi) is 20.5. The van der Waals surface area contributed by atoms with Gasteiger partial charge in [-0.3, -0.25) is 43.7 Å². The fourth-order valence-electron chi connectivity index (χ4n) is 10.4. The molecule has 0 radical (unpaired) electrons. The summed E-state index contributed by atoms with van der Waals surface area (Å²) in [4.78, 5) is 99.2. The van der Waals surface area contributed by atoms with E-state index >= 15 is 0 Å². The molecule has 0 aliphatic heterocycles. The van der Waals surface area contributed by atoms with Gasteiger partial charge in [0.25, 0.3) is 0 Å². The number of Topliss-reactive ketones (excluding diaryl/α,β-unsaturated/α-hetero) is 3. The van der Waals surface area contributed by atoms with Crippen LogP contribution in [0.3, 0.4) is 0 Å². The van der Waals surface area contributed by atoms with E-state index < -0.39 is 11.9 Å². The number of carbonyl (C=O) groups is 6. The number of allylic oxidation sites excluding steroid dienone is 6. The van der Waals surface area contributed by atoms with Gasteiger partial charge in [-0.2, -0.15) is 0 Å². The second kappa shape index (κ2) is 27.3. The third-order valence-electron chi connectivity index (χ3n) is 15.5. The van der Waals surface area contributed by atoms with E-state index in [-0.39, 0.29) is 78.1 Å². The summed E-state index contributed by atoms with van der Waals surface area (Å²) < 4.78 is 5.06.